The summed E-state index contributed by atoms with van der Waals surface area (Å²) in [5.74, 6) is 0. The first-order chi connectivity index (χ1) is 11.4. The van der Waals surface area contributed by atoms with E-state index in [2.05, 4.69) is 36.4 Å². The molecule has 0 aromatic carbocycles. The van der Waals surface area contributed by atoms with Crippen molar-refractivity contribution in [3.63, 3.8) is 0 Å². The SMILES string of the molecule is c1cc2ccc3c-2ccc1CCCCCCCCCCCCC3. The molecule has 0 N–H and O–H groups in total. The van der Waals surface area contributed by atoms with Crippen LogP contribution in [-0.4, -0.2) is 0 Å². The molecule has 3 aliphatic carbocycles. The number of hydrogen-bond donors (Lipinski definition) is 0. The Balaban J connectivity index is 1.69. The molecule has 0 aromatic heterocycles. The molecule has 0 radical (unpaired) electrons. The zero-order chi connectivity index (χ0) is 15.7. The molecule has 0 atom stereocenters. The number of hydrogen-bond acceptors (Lipinski definition) is 0. The van der Waals surface area contributed by atoms with Crippen molar-refractivity contribution in [2.75, 3.05) is 0 Å². The van der Waals surface area contributed by atoms with Crippen molar-refractivity contribution in [2.24, 2.45) is 0 Å². The van der Waals surface area contributed by atoms with Gasteiger partial charge in [0.15, 0.2) is 0 Å². The first-order valence-electron chi connectivity index (χ1n) is 9.94. The summed E-state index contributed by atoms with van der Waals surface area (Å²) in [5, 5.41) is 0. The molecule has 0 amide bonds. The fraction of sp³-hybridized carbons (Fsp3) is 0.565. The zero-order valence-electron chi connectivity index (χ0n) is 14.7. The topological polar surface area (TPSA) is 0 Å². The third kappa shape index (κ3) is 5.09. The number of rotatable bonds is 0. The number of aryl methyl sites for hydroxylation is 2. The molecule has 3 rings (SSSR count). The van der Waals surface area contributed by atoms with Crippen molar-refractivity contribution >= 4 is 0 Å². The molecule has 2 bridgehead atoms. The lowest BCUT2D eigenvalue weighted by molar-refractivity contribution is 0.545. The highest BCUT2D eigenvalue weighted by Gasteiger charge is 2.08. The highest BCUT2D eigenvalue weighted by atomic mass is 14.1. The van der Waals surface area contributed by atoms with Crippen LogP contribution >= 0.6 is 0 Å². The molecule has 0 heteroatoms. The van der Waals surface area contributed by atoms with E-state index in [-0.39, 0.29) is 0 Å². The fourth-order valence-electron chi connectivity index (χ4n) is 3.97. The molecule has 0 unspecified atom stereocenters. The first-order valence-corrected chi connectivity index (χ1v) is 9.94. The first kappa shape index (κ1) is 16.6. The van der Waals surface area contributed by atoms with Gasteiger partial charge in [0.25, 0.3) is 0 Å². The van der Waals surface area contributed by atoms with E-state index >= 15 is 0 Å². The van der Waals surface area contributed by atoms with Crippen molar-refractivity contribution < 1.29 is 0 Å². The Labute approximate surface area is 142 Å². The van der Waals surface area contributed by atoms with Crippen LogP contribution in [0.15, 0.2) is 36.4 Å². The predicted molar refractivity (Wildman–Crippen MR) is 101 cm³/mol. The zero-order valence-corrected chi connectivity index (χ0v) is 14.7. The Morgan fingerprint density at radius 1 is 0.435 bits per heavy atom. The molecule has 0 aromatic rings. The van der Waals surface area contributed by atoms with Gasteiger partial charge in [-0.3, -0.25) is 0 Å². The van der Waals surface area contributed by atoms with E-state index in [4.69, 9.17) is 0 Å². The molecule has 0 heterocycles. The van der Waals surface area contributed by atoms with Crippen LogP contribution in [0, 0.1) is 0 Å². The van der Waals surface area contributed by atoms with E-state index in [1.807, 2.05) is 0 Å². The van der Waals surface area contributed by atoms with Crippen LogP contribution in [0.2, 0.25) is 0 Å². The highest BCUT2D eigenvalue weighted by molar-refractivity contribution is 5.70. The minimum Gasteiger partial charge on any atom is -0.0584 e. The summed E-state index contributed by atoms with van der Waals surface area (Å²) in [5.41, 5.74) is 5.97. The molecule has 124 valence electrons. The van der Waals surface area contributed by atoms with Gasteiger partial charge in [0, 0.05) is 0 Å². The third-order valence-corrected chi connectivity index (χ3v) is 5.47. The Hall–Kier alpha value is -1.30. The van der Waals surface area contributed by atoms with Gasteiger partial charge < -0.3 is 0 Å². The fourth-order valence-corrected chi connectivity index (χ4v) is 3.97. The highest BCUT2D eigenvalue weighted by Crippen LogP contribution is 2.29. The van der Waals surface area contributed by atoms with Gasteiger partial charge in [-0.1, -0.05) is 94.2 Å². The molecule has 0 saturated heterocycles. The van der Waals surface area contributed by atoms with Gasteiger partial charge in [0.2, 0.25) is 0 Å². The lowest BCUT2D eigenvalue weighted by atomic mass is 10.0. The van der Waals surface area contributed by atoms with Crippen molar-refractivity contribution in [2.45, 2.75) is 83.5 Å². The van der Waals surface area contributed by atoms with Gasteiger partial charge in [0.1, 0.15) is 0 Å². The third-order valence-electron chi connectivity index (χ3n) is 5.47. The summed E-state index contributed by atoms with van der Waals surface area (Å²) in [7, 11) is 0. The van der Waals surface area contributed by atoms with Gasteiger partial charge in [0.05, 0.1) is 0 Å². The largest absolute Gasteiger partial charge is 0.0584 e. The second-order valence-electron chi connectivity index (χ2n) is 7.36. The second kappa shape index (κ2) is 9.11. The van der Waals surface area contributed by atoms with Gasteiger partial charge in [-0.25, -0.2) is 0 Å². The summed E-state index contributed by atoms with van der Waals surface area (Å²) in [6.07, 6.45) is 18.1. The van der Waals surface area contributed by atoms with Gasteiger partial charge in [-0.2, -0.15) is 0 Å². The molecule has 23 heavy (non-hydrogen) atoms. The van der Waals surface area contributed by atoms with E-state index in [1.165, 1.54) is 100 Å². The summed E-state index contributed by atoms with van der Waals surface area (Å²) in [6.45, 7) is 0. The van der Waals surface area contributed by atoms with E-state index < -0.39 is 0 Å². The van der Waals surface area contributed by atoms with Crippen molar-refractivity contribution in [3.8, 4) is 11.1 Å². The smallest absolute Gasteiger partial charge is 0.0152 e. The minimum absolute atomic E-state index is 1.24. The van der Waals surface area contributed by atoms with Crippen LogP contribution in [0.3, 0.4) is 0 Å². The van der Waals surface area contributed by atoms with E-state index in [0.29, 0.717) is 0 Å². The maximum absolute atomic E-state index is 2.38. The summed E-state index contributed by atoms with van der Waals surface area (Å²) in [4.78, 5) is 0. The monoisotopic (exact) mass is 308 g/mol. The Kier molecular flexibility index (Phi) is 6.55. The second-order valence-corrected chi connectivity index (χ2v) is 7.36. The molecule has 0 fully saturated rings. The Morgan fingerprint density at radius 2 is 0.957 bits per heavy atom. The Morgan fingerprint density at radius 3 is 1.65 bits per heavy atom. The molecular weight excluding hydrogens is 276 g/mol. The van der Waals surface area contributed by atoms with Gasteiger partial charge in [-0.05, 0) is 47.9 Å². The Bertz CT molecular complexity index is 554. The van der Waals surface area contributed by atoms with E-state index in [1.54, 1.807) is 5.56 Å². The van der Waals surface area contributed by atoms with Crippen molar-refractivity contribution in [1.82, 2.24) is 0 Å². The predicted octanol–water partition coefficient (Wildman–Crippen LogP) is 7.18. The molecule has 0 nitrogen and oxygen atoms in total. The minimum atomic E-state index is 1.24. The maximum atomic E-state index is 2.38. The summed E-state index contributed by atoms with van der Waals surface area (Å²) >= 11 is 0. The van der Waals surface area contributed by atoms with Gasteiger partial charge >= 0.3 is 0 Å². The van der Waals surface area contributed by atoms with Gasteiger partial charge in [-0.15, -0.1) is 0 Å². The molecule has 0 saturated carbocycles. The quantitative estimate of drug-likeness (QED) is 0.483. The summed E-state index contributed by atoms with van der Waals surface area (Å²) in [6, 6.07) is 14.1. The van der Waals surface area contributed by atoms with Crippen LogP contribution in [-0.2, 0) is 12.8 Å². The summed E-state index contributed by atoms with van der Waals surface area (Å²) < 4.78 is 0. The molecule has 0 aliphatic heterocycles. The van der Waals surface area contributed by atoms with Crippen LogP contribution in [0.25, 0.3) is 11.1 Å². The van der Waals surface area contributed by atoms with Crippen molar-refractivity contribution in [3.05, 3.63) is 47.5 Å². The lowest BCUT2D eigenvalue weighted by Crippen LogP contribution is -1.87. The standard InChI is InChI=1S/C23H32/c1-2-4-6-8-10-12-20-14-16-22-18-17-21(23(22)19-15-20)13-11-9-7-5-3-1/h14-19H,1-13H2. The van der Waals surface area contributed by atoms with E-state index in [9.17, 15) is 0 Å². The van der Waals surface area contributed by atoms with Crippen LogP contribution in [0.4, 0.5) is 0 Å². The molecule has 0 spiro atoms. The molecule has 3 aliphatic rings. The van der Waals surface area contributed by atoms with Crippen LogP contribution in [0.1, 0.15) is 81.8 Å². The molecular formula is C23H32. The number of fused-ring (bicyclic) bond motifs is 2. The average Bonchev–Trinajstić information content (AvgIpc) is 2.83. The van der Waals surface area contributed by atoms with E-state index in [0.717, 1.165) is 0 Å². The average molecular weight is 309 g/mol. The normalized spacial score (nSPS) is 18.8. The maximum Gasteiger partial charge on any atom is -0.0152 e. The van der Waals surface area contributed by atoms with Crippen LogP contribution in [0.5, 0.6) is 0 Å². The van der Waals surface area contributed by atoms with Crippen molar-refractivity contribution in [1.29, 1.82) is 0 Å². The lowest BCUT2D eigenvalue weighted by Gasteiger charge is -2.05. The van der Waals surface area contributed by atoms with Crippen LogP contribution < -0.4 is 0 Å².